The van der Waals surface area contributed by atoms with E-state index in [9.17, 15) is 4.79 Å². The molecule has 0 bridgehead atoms. The Morgan fingerprint density at radius 2 is 2.20 bits per heavy atom. The number of ether oxygens (including phenoxy) is 2. The number of nitrogens with one attached hydrogen (secondary N) is 1. The molecular formula is C12H10ClN3O4. The molecule has 20 heavy (non-hydrogen) atoms. The Morgan fingerprint density at radius 3 is 3.05 bits per heavy atom. The molecule has 7 nitrogen and oxygen atoms in total. The lowest BCUT2D eigenvalue weighted by Crippen LogP contribution is -2.23. The number of fused-ring (bicyclic) bond motifs is 1. The molecule has 8 heteroatoms. The summed E-state index contributed by atoms with van der Waals surface area (Å²) in [5, 5.41) is 6.39. The fourth-order valence-electron chi connectivity index (χ4n) is 1.70. The Labute approximate surface area is 118 Å². The maximum absolute atomic E-state index is 11.0. The molecule has 0 spiro atoms. The van der Waals surface area contributed by atoms with E-state index in [1.54, 1.807) is 18.2 Å². The summed E-state index contributed by atoms with van der Waals surface area (Å²) in [6.07, 6.45) is 0. The molecule has 2 aromatic rings. The van der Waals surface area contributed by atoms with E-state index in [1.807, 2.05) is 0 Å². The van der Waals surface area contributed by atoms with Gasteiger partial charge < -0.3 is 19.3 Å². The van der Waals surface area contributed by atoms with Crippen molar-refractivity contribution in [3.63, 3.8) is 0 Å². The van der Waals surface area contributed by atoms with Crippen LogP contribution in [0.5, 0.6) is 11.5 Å². The number of amides is 1. The van der Waals surface area contributed by atoms with Crippen LogP contribution in [0.4, 0.5) is 0 Å². The Bertz CT molecular complexity index is 643. The Hall–Kier alpha value is -2.28. The lowest BCUT2D eigenvalue weighted by atomic mass is 10.2. The van der Waals surface area contributed by atoms with E-state index in [-0.39, 0.29) is 25.1 Å². The first-order valence-electron chi connectivity index (χ1n) is 5.81. The predicted octanol–water partition coefficient (Wildman–Crippen LogP) is 1.32. The van der Waals surface area contributed by atoms with Gasteiger partial charge in [-0.2, -0.15) is 4.98 Å². The van der Waals surface area contributed by atoms with Crippen LogP contribution in [0.1, 0.15) is 5.89 Å². The fourth-order valence-corrected chi connectivity index (χ4v) is 1.80. The number of aromatic nitrogens is 2. The maximum atomic E-state index is 11.0. The molecule has 1 N–H and O–H groups in total. The van der Waals surface area contributed by atoms with Crippen molar-refractivity contribution in [3.8, 4) is 22.9 Å². The van der Waals surface area contributed by atoms with E-state index in [2.05, 4.69) is 15.5 Å². The zero-order valence-corrected chi connectivity index (χ0v) is 11.0. The van der Waals surface area contributed by atoms with Crippen LogP contribution in [0.3, 0.4) is 0 Å². The second-order valence-corrected chi connectivity index (χ2v) is 4.26. The van der Waals surface area contributed by atoms with Crippen LogP contribution in [-0.2, 0) is 11.3 Å². The minimum Gasteiger partial charge on any atom is -0.454 e. The van der Waals surface area contributed by atoms with E-state index >= 15 is 0 Å². The summed E-state index contributed by atoms with van der Waals surface area (Å²) < 4.78 is 15.5. The highest BCUT2D eigenvalue weighted by atomic mass is 35.5. The third-order valence-corrected chi connectivity index (χ3v) is 2.90. The van der Waals surface area contributed by atoms with Crippen molar-refractivity contribution in [2.24, 2.45) is 0 Å². The second-order valence-electron chi connectivity index (χ2n) is 3.99. The van der Waals surface area contributed by atoms with Gasteiger partial charge >= 0.3 is 0 Å². The average molecular weight is 296 g/mol. The van der Waals surface area contributed by atoms with Gasteiger partial charge in [-0.25, -0.2) is 0 Å². The van der Waals surface area contributed by atoms with Crippen LogP contribution in [0.2, 0.25) is 0 Å². The lowest BCUT2D eigenvalue weighted by Gasteiger charge is -1.98. The molecule has 104 valence electrons. The molecule has 0 aliphatic carbocycles. The average Bonchev–Trinajstić information content (AvgIpc) is 3.12. The van der Waals surface area contributed by atoms with E-state index < -0.39 is 0 Å². The molecule has 0 saturated heterocycles. The molecule has 1 amide bonds. The number of benzene rings is 1. The van der Waals surface area contributed by atoms with Gasteiger partial charge in [0, 0.05) is 5.56 Å². The summed E-state index contributed by atoms with van der Waals surface area (Å²) in [6, 6.07) is 5.36. The molecule has 0 fully saturated rings. The van der Waals surface area contributed by atoms with E-state index in [0.717, 1.165) is 5.56 Å². The largest absolute Gasteiger partial charge is 0.454 e. The molecule has 3 rings (SSSR count). The van der Waals surface area contributed by atoms with Crippen LogP contribution < -0.4 is 14.8 Å². The van der Waals surface area contributed by atoms with Crippen LogP contribution in [0, 0.1) is 0 Å². The topological polar surface area (TPSA) is 86.5 Å². The number of hydrogen-bond donors (Lipinski definition) is 1. The van der Waals surface area contributed by atoms with Gasteiger partial charge in [0.2, 0.25) is 24.4 Å². The van der Waals surface area contributed by atoms with Gasteiger partial charge in [-0.15, -0.1) is 11.6 Å². The summed E-state index contributed by atoms with van der Waals surface area (Å²) in [5.41, 5.74) is 0.743. The summed E-state index contributed by atoms with van der Waals surface area (Å²) in [7, 11) is 0. The molecule has 2 heterocycles. The normalized spacial score (nSPS) is 12.4. The minimum atomic E-state index is -0.297. The molecule has 0 saturated carbocycles. The third-order valence-electron chi connectivity index (χ3n) is 2.66. The van der Waals surface area contributed by atoms with Crippen LogP contribution in [0.15, 0.2) is 22.7 Å². The van der Waals surface area contributed by atoms with Gasteiger partial charge in [0.15, 0.2) is 11.5 Å². The standard InChI is InChI=1S/C12H10ClN3O4/c13-4-10(17)14-5-11-15-12(16-20-11)7-1-2-8-9(3-7)19-6-18-8/h1-3H,4-6H2,(H,14,17). The van der Waals surface area contributed by atoms with Gasteiger partial charge in [-0.05, 0) is 18.2 Å². The van der Waals surface area contributed by atoms with E-state index in [1.165, 1.54) is 0 Å². The van der Waals surface area contributed by atoms with Crippen LogP contribution in [-0.4, -0.2) is 28.7 Å². The number of hydrogen-bond acceptors (Lipinski definition) is 6. The molecule has 0 atom stereocenters. The number of halogens is 1. The van der Waals surface area contributed by atoms with Crippen LogP contribution >= 0.6 is 11.6 Å². The molecular weight excluding hydrogens is 286 g/mol. The Morgan fingerprint density at radius 1 is 1.35 bits per heavy atom. The summed E-state index contributed by atoms with van der Waals surface area (Å²) in [6.45, 7) is 0.351. The molecule has 0 radical (unpaired) electrons. The SMILES string of the molecule is O=C(CCl)NCc1nc(-c2ccc3c(c2)OCO3)no1. The Balaban J connectivity index is 1.74. The summed E-state index contributed by atoms with van der Waals surface area (Å²) in [5.74, 6) is 1.64. The quantitative estimate of drug-likeness (QED) is 0.856. The Kier molecular flexibility index (Phi) is 3.42. The van der Waals surface area contributed by atoms with Gasteiger partial charge in [0.25, 0.3) is 0 Å². The first-order chi connectivity index (χ1) is 9.76. The summed E-state index contributed by atoms with van der Waals surface area (Å²) >= 11 is 5.37. The van der Waals surface area contributed by atoms with Gasteiger partial charge in [-0.3, -0.25) is 4.79 Å². The van der Waals surface area contributed by atoms with E-state index in [4.69, 9.17) is 25.6 Å². The van der Waals surface area contributed by atoms with Crippen molar-refractivity contribution in [2.75, 3.05) is 12.7 Å². The predicted molar refractivity (Wildman–Crippen MR) is 68.4 cm³/mol. The smallest absolute Gasteiger partial charge is 0.246 e. The molecule has 1 aromatic carbocycles. The zero-order chi connectivity index (χ0) is 13.9. The number of carbonyl (C=O) groups is 1. The van der Waals surface area contributed by atoms with Gasteiger partial charge in [0.1, 0.15) is 5.88 Å². The maximum Gasteiger partial charge on any atom is 0.246 e. The molecule has 0 unspecified atom stereocenters. The van der Waals surface area contributed by atoms with Gasteiger partial charge in [-0.1, -0.05) is 5.16 Å². The van der Waals surface area contributed by atoms with E-state index in [0.29, 0.717) is 23.2 Å². The highest BCUT2D eigenvalue weighted by Gasteiger charge is 2.16. The highest BCUT2D eigenvalue weighted by molar-refractivity contribution is 6.27. The number of carbonyl (C=O) groups excluding carboxylic acids is 1. The monoisotopic (exact) mass is 295 g/mol. The molecule has 1 aliphatic heterocycles. The van der Waals surface area contributed by atoms with Gasteiger partial charge in [0.05, 0.1) is 6.54 Å². The third kappa shape index (κ3) is 2.53. The number of alkyl halides is 1. The van der Waals surface area contributed by atoms with Crippen molar-refractivity contribution >= 4 is 17.5 Å². The first-order valence-corrected chi connectivity index (χ1v) is 6.35. The minimum absolute atomic E-state index is 0.108. The van der Waals surface area contributed by atoms with Crippen LogP contribution in [0.25, 0.3) is 11.4 Å². The van der Waals surface area contributed by atoms with Crippen molar-refractivity contribution in [1.82, 2.24) is 15.5 Å². The fraction of sp³-hybridized carbons (Fsp3) is 0.250. The van der Waals surface area contributed by atoms with Crippen molar-refractivity contribution in [1.29, 1.82) is 0 Å². The summed E-state index contributed by atoms with van der Waals surface area (Å²) in [4.78, 5) is 15.2. The molecule has 1 aliphatic rings. The second kappa shape index (κ2) is 5.38. The van der Waals surface area contributed by atoms with Crippen molar-refractivity contribution in [3.05, 3.63) is 24.1 Å². The molecule has 1 aromatic heterocycles. The van der Waals surface area contributed by atoms with Crippen molar-refractivity contribution in [2.45, 2.75) is 6.54 Å². The number of nitrogens with zero attached hydrogens (tertiary/aromatic N) is 2. The zero-order valence-electron chi connectivity index (χ0n) is 10.3. The first kappa shape index (κ1) is 12.7. The lowest BCUT2D eigenvalue weighted by molar-refractivity contribution is -0.118. The van der Waals surface area contributed by atoms with Crippen molar-refractivity contribution < 1.29 is 18.8 Å². The highest BCUT2D eigenvalue weighted by Crippen LogP contribution is 2.35. The number of rotatable bonds is 4.